The molecule has 1 heterocycles. The van der Waals surface area contributed by atoms with Crippen LogP contribution < -0.4 is 10.1 Å². The van der Waals surface area contributed by atoms with Crippen LogP contribution >= 0.6 is 11.6 Å². The third-order valence-corrected chi connectivity index (χ3v) is 4.29. The van der Waals surface area contributed by atoms with Crippen molar-refractivity contribution in [3.8, 4) is 5.75 Å². The van der Waals surface area contributed by atoms with Crippen LogP contribution in [0.3, 0.4) is 0 Å². The van der Waals surface area contributed by atoms with Crippen LogP contribution in [0.2, 0.25) is 5.02 Å². The van der Waals surface area contributed by atoms with Crippen LogP contribution in [-0.4, -0.2) is 13.2 Å². The second kappa shape index (κ2) is 5.10. The van der Waals surface area contributed by atoms with Crippen LogP contribution in [0.4, 0.5) is 0 Å². The molecule has 1 aromatic carbocycles. The van der Waals surface area contributed by atoms with Gasteiger partial charge in [-0.15, -0.1) is 0 Å². The van der Waals surface area contributed by atoms with E-state index < -0.39 is 0 Å². The molecule has 2 nitrogen and oxygen atoms in total. The fraction of sp³-hybridized carbons (Fsp3) is 0.600. The van der Waals surface area contributed by atoms with Crippen molar-refractivity contribution >= 4 is 11.6 Å². The summed E-state index contributed by atoms with van der Waals surface area (Å²) < 4.78 is 5.82. The summed E-state index contributed by atoms with van der Waals surface area (Å²) in [6.07, 6.45) is 5.69. The first-order valence-corrected chi connectivity index (χ1v) is 7.39. The van der Waals surface area contributed by atoms with Crippen LogP contribution in [-0.2, 0) is 12.8 Å². The van der Waals surface area contributed by atoms with Gasteiger partial charge < -0.3 is 10.1 Å². The van der Waals surface area contributed by atoms with Crippen LogP contribution in [0.25, 0.3) is 0 Å². The molecule has 3 heteroatoms. The first-order valence-electron chi connectivity index (χ1n) is 7.01. The Morgan fingerprint density at radius 3 is 3.17 bits per heavy atom. The molecule has 0 radical (unpaired) electrons. The maximum Gasteiger partial charge on any atom is 0.126 e. The van der Waals surface area contributed by atoms with E-state index >= 15 is 0 Å². The largest absolute Gasteiger partial charge is 0.493 e. The molecule has 18 heavy (non-hydrogen) atoms. The molecule has 0 amide bonds. The normalized spacial score (nSPS) is 21.3. The molecule has 0 bridgehead atoms. The molecule has 98 valence electrons. The minimum atomic E-state index is 0.413. The highest BCUT2D eigenvalue weighted by atomic mass is 35.5. The molecule has 0 aromatic heterocycles. The number of benzene rings is 1. The van der Waals surface area contributed by atoms with E-state index in [0.717, 1.165) is 43.2 Å². The van der Waals surface area contributed by atoms with Gasteiger partial charge in [-0.1, -0.05) is 18.5 Å². The predicted octanol–water partition coefficient (Wildman–Crippen LogP) is 3.65. The number of halogens is 1. The Labute approximate surface area is 114 Å². The average molecular weight is 266 g/mol. The van der Waals surface area contributed by atoms with Gasteiger partial charge in [-0.2, -0.15) is 0 Å². The van der Waals surface area contributed by atoms with Gasteiger partial charge in [0.15, 0.2) is 0 Å². The Bertz CT molecular complexity index is 458. The molecule has 1 aromatic rings. The molecule has 1 aliphatic heterocycles. The lowest BCUT2D eigenvalue weighted by atomic mass is 9.85. The smallest absolute Gasteiger partial charge is 0.126 e. The van der Waals surface area contributed by atoms with Gasteiger partial charge in [0.25, 0.3) is 0 Å². The van der Waals surface area contributed by atoms with Gasteiger partial charge >= 0.3 is 0 Å². The quantitative estimate of drug-likeness (QED) is 0.901. The van der Waals surface area contributed by atoms with E-state index in [1.54, 1.807) is 0 Å². The van der Waals surface area contributed by atoms with E-state index in [1.165, 1.54) is 29.5 Å². The molecule has 1 unspecified atom stereocenters. The van der Waals surface area contributed by atoms with E-state index in [2.05, 4.69) is 18.3 Å². The highest BCUT2D eigenvalue weighted by molar-refractivity contribution is 6.31. The maximum atomic E-state index is 6.50. The van der Waals surface area contributed by atoms with Crippen molar-refractivity contribution in [2.24, 2.45) is 0 Å². The lowest BCUT2D eigenvalue weighted by Crippen LogP contribution is -2.26. The van der Waals surface area contributed by atoms with Crippen LogP contribution in [0.5, 0.6) is 5.75 Å². The zero-order valence-electron chi connectivity index (χ0n) is 10.9. The fourth-order valence-corrected chi connectivity index (χ4v) is 3.54. The van der Waals surface area contributed by atoms with Crippen molar-refractivity contribution in [1.82, 2.24) is 5.32 Å². The van der Waals surface area contributed by atoms with Gasteiger partial charge in [-0.25, -0.2) is 0 Å². The van der Waals surface area contributed by atoms with Crippen molar-refractivity contribution in [2.75, 3.05) is 13.2 Å². The highest BCUT2D eigenvalue weighted by Crippen LogP contribution is 2.43. The summed E-state index contributed by atoms with van der Waals surface area (Å²) in [5.41, 5.74) is 3.97. The SMILES string of the molecule is CCCNC1CCCc2c3c(cc(Cl)c21)CCO3. The second-order valence-electron chi connectivity index (χ2n) is 5.24. The van der Waals surface area contributed by atoms with Gasteiger partial charge in [0.05, 0.1) is 6.61 Å². The summed E-state index contributed by atoms with van der Waals surface area (Å²) in [5, 5.41) is 4.55. The summed E-state index contributed by atoms with van der Waals surface area (Å²) in [5.74, 6) is 1.14. The lowest BCUT2D eigenvalue weighted by Gasteiger charge is -2.29. The zero-order valence-corrected chi connectivity index (χ0v) is 11.6. The third kappa shape index (κ3) is 2.02. The molecule has 0 saturated heterocycles. The molecule has 0 spiro atoms. The molecule has 1 atom stereocenters. The number of fused-ring (bicyclic) bond motifs is 3. The molecule has 2 aliphatic rings. The summed E-state index contributed by atoms with van der Waals surface area (Å²) in [6, 6.07) is 2.53. The zero-order chi connectivity index (χ0) is 12.5. The number of nitrogens with one attached hydrogen (secondary N) is 1. The monoisotopic (exact) mass is 265 g/mol. The Morgan fingerprint density at radius 2 is 2.33 bits per heavy atom. The minimum Gasteiger partial charge on any atom is -0.493 e. The molecule has 3 rings (SSSR count). The van der Waals surface area contributed by atoms with E-state index in [0.29, 0.717) is 6.04 Å². The average Bonchev–Trinajstić information content (AvgIpc) is 2.84. The number of rotatable bonds is 3. The first kappa shape index (κ1) is 12.3. The topological polar surface area (TPSA) is 21.3 Å². The maximum absolute atomic E-state index is 6.50. The van der Waals surface area contributed by atoms with Gasteiger partial charge in [0.1, 0.15) is 5.75 Å². The van der Waals surface area contributed by atoms with Crippen molar-refractivity contribution < 1.29 is 4.74 Å². The van der Waals surface area contributed by atoms with Crippen LogP contribution in [0, 0.1) is 0 Å². The second-order valence-corrected chi connectivity index (χ2v) is 5.64. The van der Waals surface area contributed by atoms with E-state index in [9.17, 15) is 0 Å². The molecule has 0 fully saturated rings. The Hall–Kier alpha value is -0.730. The lowest BCUT2D eigenvalue weighted by molar-refractivity contribution is 0.348. The highest BCUT2D eigenvalue weighted by Gasteiger charge is 2.29. The number of hydrogen-bond acceptors (Lipinski definition) is 2. The molecular formula is C15H20ClNO. The number of hydrogen-bond donors (Lipinski definition) is 1. The van der Waals surface area contributed by atoms with Gasteiger partial charge in [-0.05, 0) is 49.4 Å². The van der Waals surface area contributed by atoms with Crippen molar-refractivity contribution in [3.63, 3.8) is 0 Å². The number of ether oxygens (including phenoxy) is 1. The Morgan fingerprint density at radius 1 is 1.44 bits per heavy atom. The minimum absolute atomic E-state index is 0.413. The predicted molar refractivity (Wildman–Crippen MR) is 74.6 cm³/mol. The van der Waals surface area contributed by atoms with Gasteiger partial charge in [0.2, 0.25) is 0 Å². The molecular weight excluding hydrogens is 246 g/mol. The van der Waals surface area contributed by atoms with Gasteiger partial charge in [-0.3, -0.25) is 0 Å². The van der Waals surface area contributed by atoms with Crippen molar-refractivity contribution in [2.45, 2.75) is 45.1 Å². The molecule has 1 N–H and O–H groups in total. The van der Waals surface area contributed by atoms with E-state index in [4.69, 9.17) is 16.3 Å². The van der Waals surface area contributed by atoms with Crippen molar-refractivity contribution in [1.29, 1.82) is 0 Å². The van der Waals surface area contributed by atoms with E-state index in [-0.39, 0.29) is 0 Å². The van der Waals surface area contributed by atoms with Crippen molar-refractivity contribution in [3.05, 3.63) is 27.8 Å². The summed E-state index contributed by atoms with van der Waals surface area (Å²) in [7, 11) is 0. The van der Waals surface area contributed by atoms with Crippen LogP contribution in [0.15, 0.2) is 6.07 Å². The van der Waals surface area contributed by atoms with E-state index in [1.807, 2.05) is 0 Å². The Balaban J connectivity index is 2.01. The summed E-state index contributed by atoms with van der Waals surface area (Å²) in [6.45, 7) is 4.07. The first-order chi connectivity index (χ1) is 8.81. The summed E-state index contributed by atoms with van der Waals surface area (Å²) >= 11 is 6.50. The van der Waals surface area contributed by atoms with Gasteiger partial charge in [0, 0.05) is 23.0 Å². The van der Waals surface area contributed by atoms with Crippen LogP contribution in [0.1, 0.15) is 48.9 Å². The molecule has 1 aliphatic carbocycles. The standard InChI is InChI=1S/C15H20ClNO/c1-2-7-17-13-5-3-4-11-14(13)12(16)9-10-6-8-18-15(10)11/h9,13,17H,2-8H2,1H3. The third-order valence-electron chi connectivity index (χ3n) is 3.98. The Kier molecular flexibility index (Phi) is 3.49. The fourth-order valence-electron chi connectivity index (χ4n) is 3.16. The molecule has 0 saturated carbocycles. The summed E-state index contributed by atoms with van der Waals surface area (Å²) in [4.78, 5) is 0.